The molecule has 0 spiro atoms. The molecule has 3 nitrogen and oxygen atoms in total. The molecule has 0 saturated carbocycles. The van der Waals surface area contributed by atoms with Gasteiger partial charge in [-0.2, -0.15) is 0 Å². The van der Waals surface area contributed by atoms with Crippen molar-refractivity contribution in [1.29, 1.82) is 0 Å². The van der Waals surface area contributed by atoms with Gasteiger partial charge in [-0.15, -0.1) is 0 Å². The minimum Gasteiger partial charge on any atom is -0.468 e. The Hall–Kier alpha value is -1.35. The smallest absolute Gasteiger partial charge is 0.322 e. The quantitative estimate of drug-likeness (QED) is 0.809. The number of rotatable bonds is 6. The largest absolute Gasteiger partial charge is 0.468 e. The van der Waals surface area contributed by atoms with E-state index < -0.39 is 0 Å². The highest BCUT2D eigenvalue weighted by Crippen LogP contribution is 2.23. The Kier molecular flexibility index (Phi) is 6.41. The summed E-state index contributed by atoms with van der Waals surface area (Å²) in [7, 11) is 1.45. The summed E-state index contributed by atoms with van der Waals surface area (Å²) in [5.41, 5.74) is 5.08. The maximum absolute atomic E-state index is 11.9. The summed E-state index contributed by atoms with van der Waals surface area (Å²) in [4.78, 5) is 11.9. The lowest BCUT2D eigenvalue weighted by Gasteiger charge is -2.24. The molecule has 0 heterocycles. The van der Waals surface area contributed by atoms with E-state index in [0.29, 0.717) is 5.92 Å². The van der Waals surface area contributed by atoms with Crippen LogP contribution in [0.2, 0.25) is 0 Å². The molecule has 0 aliphatic carbocycles. The van der Waals surface area contributed by atoms with Crippen molar-refractivity contribution in [3.05, 3.63) is 34.4 Å². The maximum Gasteiger partial charge on any atom is 0.322 e. The van der Waals surface area contributed by atoms with Crippen LogP contribution in [0.4, 0.5) is 0 Å². The standard InChI is InChI=1S/C18H29NO2/c1-11(2)8-17(18(20)21-7)19-15(6)16-10-13(4)12(3)9-14(16)5/h9-11,15,17,19H,8H2,1-7H3. The molecule has 2 unspecified atom stereocenters. The zero-order valence-electron chi connectivity index (χ0n) is 14.4. The Bertz CT molecular complexity index is 494. The molecule has 1 aromatic carbocycles. The molecule has 1 rings (SSSR count). The summed E-state index contributed by atoms with van der Waals surface area (Å²) < 4.78 is 4.92. The van der Waals surface area contributed by atoms with Crippen molar-refractivity contribution in [2.75, 3.05) is 7.11 Å². The first kappa shape index (κ1) is 17.7. The zero-order valence-corrected chi connectivity index (χ0v) is 14.4. The van der Waals surface area contributed by atoms with E-state index in [1.54, 1.807) is 0 Å². The third kappa shape index (κ3) is 4.85. The number of carbonyl (C=O) groups is 1. The van der Waals surface area contributed by atoms with Crippen molar-refractivity contribution in [2.45, 2.75) is 60.0 Å². The predicted octanol–water partition coefficient (Wildman–Crippen LogP) is 3.85. The highest BCUT2D eigenvalue weighted by molar-refractivity contribution is 5.75. The molecule has 1 aromatic rings. The Labute approximate surface area is 129 Å². The van der Waals surface area contributed by atoms with Gasteiger partial charge in [0.15, 0.2) is 0 Å². The van der Waals surface area contributed by atoms with Crippen LogP contribution in [0.5, 0.6) is 0 Å². The van der Waals surface area contributed by atoms with Gasteiger partial charge in [0.2, 0.25) is 0 Å². The molecule has 3 heteroatoms. The molecule has 0 fully saturated rings. The summed E-state index contributed by atoms with van der Waals surface area (Å²) in [6, 6.07) is 4.28. The van der Waals surface area contributed by atoms with Crippen LogP contribution >= 0.6 is 0 Å². The lowest BCUT2D eigenvalue weighted by molar-refractivity contribution is -0.143. The first-order valence-electron chi connectivity index (χ1n) is 7.67. The van der Waals surface area contributed by atoms with E-state index in [1.807, 2.05) is 0 Å². The van der Waals surface area contributed by atoms with Crippen LogP contribution in [0, 0.1) is 26.7 Å². The summed E-state index contributed by atoms with van der Waals surface area (Å²) in [5.74, 6) is 0.256. The fourth-order valence-corrected chi connectivity index (χ4v) is 2.69. The Morgan fingerprint density at radius 2 is 1.67 bits per heavy atom. The van der Waals surface area contributed by atoms with Crippen LogP contribution in [-0.4, -0.2) is 19.1 Å². The normalized spacial score (nSPS) is 14.1. The number of carbonyl (C=O) groups excluding carboxylic acids is 1. The topological polar surface area (TPSA) is 38.3 Å². The monoisotopic (exact) mass is 291 g/mol. The summed E-state index contributed by atoms with van der Waals surface area (Å²) in [6.07, 6.45) is 0.779. The fourth-order valence-electron chi connectivity index (χ4n) is 2.69. The van der Waals surface area contributed by atoms with E-state index in [2.05, 4.69) is 59.0 Å². The van der Waals surface area contributed by atoms with Gasteiger partial charge < -0.3 is 4.74 Å². The molecule has 0 aromatic heterocycles. The minimum absolute atomic E-state index is 0.118. The van der Waals surface area contributed by atoms with Crippen LogP contribution in [0.3, 0.4) is 0 Å². The molecule has 0 saturated heterocycles. The minimum atomic E-state index is -0.258. The second-order valence-corrected chi connectivity index (χ2v) is 6.39. The Balaban J connectivity index is 2.93. The summed E-state index contributed by atoms with van der Waals surface area (Å²) in [6.45, 7) is 12.7. The first-order valence-corrected chi connectivity index (χ1v) is 7.67. The first-order chi connectivity index (χ1) is 9.76. The molecular weight excluding hydrogens is 262 g/mol. The van der Waals surface area contributed by atoms with E-state index in [0.717, 1.165) is 6.42 Å². The van der Waals surface area contributed by atoms with Gasteiger partial charge in [-0.05, 0) is 62.3 Å². The second kappa shape index (κ2) is 7.60. The van der Waals surface area contributed by atoms with E-state index in [-0.39, 0.29) is 18.1 Å². The van der Waals surface area contributed by atoms with Crippen molar-refractivity contribution in [1.82, 2.24) is 5.32 Å². The fraction of sp³-hybridized carbons (Fsp3) is 0.611. The molecule has 21 heavy (non-hydrogen) atoms. The van der Waals surface area contributed by atoms with Crippen LogP contribution in [0.15, 0.2) is 12.1 Å². The molecule has 0 bridgehead atoms. The predicted molar refractivity (Wildman–Crippen MR) is 87.5 cm³/mol. The molecule has 0 aliphatic heterocycles. The van der Waals surface area contributed by atoms with Gasteiger partial charge in [-0.25, -0.2) is 0 Å². The lowest BCUT2D eigenvalue weighted by atomic mass is 9.95. The number of methoxy groups -OCH3 is 1. The third-order valence-corrected chi connectivity index (χ3v) is 3.99. The number of aryl methyl sites for hydroxylation is 3. The van der Waals surface area contributed by atoms with Crippen molar-refractivity contribution >= 4 is 5.97 Å². The van der Waals surface area contributed by atoms with E-state index >= 15 is 0 Å². The van der Waals surface area contributed by atoms with Gasteiger partial charge in [-0.3, -0.25) is 10.1 Å². The SMILES string of the molecule is COC(=O)C(CC(C)C)NC(C)c1cc(C)c(C)cc1C. The highest BCUT2D eigenvalue weighted by atomic mass is 16.5. The van der Waals surface area contributed by atoms with Crippen molar-refractivity contribution in [3.63, 3.8) is 0 Å². The van der Waals surface area contributed by atoms with Crippen molar-refractivity contribution in [2.24, 2.45) is 5.92 Å². The Morgan fingerprint density at radius 3 is 2.19 bits per heavy atom. The van der Waals surface area contributed by atoms with Crippen molar-refractivity contribution < 1.29 is 9.53 Å². The number of benzene rings is 1. The van der Waals surface area contributed by atoms with Crippen LogP contribution in [-0.2, 0) is 9.53 Å². The number of hydrogen-bond donors (Lipinski definition) is 1. The average Bonchev–Trinajstić information content (AvgIpc) is 2.40. The van der Waals surface area contributed by atoms with Gasteiger partial charge in [0.25, 0.3) is 0 Å². The molecule has 2 atom stereocenters. The van der Waals surface area contributed by atoms with E-state index in [1.165, 1.54) is 29.4 Å². The van der Waals surface area contributed by atoms with E-state index in [9.17, 15) is 4.79 Å². The average molecular weight is 291 g/mol. The van der Waals surface area contributed by atoms with Gasteiger partial charge in [0, 0.05) is 6.04 Å². The van der Waals surface area contributed by atoms with Gasteiger partial charge in [0.05, 0.1) is 7.11 Å². The van der Waals surface area contributed by atoms with Crippen molar-refractivity contribution in [3.8, 4) is 0 Å². The summed E-state index contributed by atoms with van der Waals surface area (Å²) in [5, 5.41) is 3.43. The van der Waals surface area contributed by atoms with Crippen LogP contribution in [0.25, 0.3) is 0 Å². The molecular formula is C18H29NO2. The Morgan fingerprint density at radius 1 is 1.10 bits per heavy atom. The zero-order chi connectivity index (χ0) is 16.2. The second-order valence-electron chi connectivity index (χ2n) is 6.39. The molecule has 0 aliphatic rings. The molecule has 0 radical (unpaired) electrons. The van der Waals surface area contributed by atoms with Crippen LogP contribution in [0.1, 0.15) is 55.5 Å². The highest BCUT2D eigenvalue weighted by Gasteiger charge is 2.23. The van der Waals surface area contributed by atoms with Crippen LogP contribution < -0.4 is 5.32 Å². The van der Waals surface area contributed by atoms with Gasteiger partial charge >= 0.3 is 5.97 Å². The number of hydrogen-bond acceptors (Lipinski definition) is 3. The number of nitrogens with one attached hydrogen (secondary N) is 1. The van der Waals surface area contributed by atoms with E-state index in [4.69, 9.17) is 4.74 Å². The molecule has 1 N–H and O–H groups in total. The van der Waals surface area contributed by atoms with Gasteiger partial charge in [0.1, 0.15) is 6.04 Å². The maximum atomic E-state index is 11.9. The molecule has 118 valence electrons. The lowest BCUT2D eigenvalue weighted by Crippen LogP contribution is -2.40. The number of ether oxygens (including phenoxy) is 1. The van der Waals surface area contributed by atoms with Gasteiger partial charge in [-0.1, -0.05) is 26.0 Å². The third-order valence-electron chi connectivity index (χ3n) is 3.99. The number of esters is 1. The summed E-state index contributed by atoms with van der Waals surface area (Å²) >= 11 is 0. The molecule has 0 amide bonds.